The van der Waals surface area contributed by atoms with Gasteiger partial charge in [-0.3, -0.25) is 4.79 Å². The van der Waals surface area contributed by atoms with Gasteiger partial charge in [0.2, 0.25) is 16.9 Å². The summed E-state index contributed by atoms with van der Waals surface area (Å²) in [4.78, 5) is 11.9. The molecule has 0 saturated carbocycles. The van der Waals surface area contributed by atoms with E-state index in [0.717, 1.165) is 5.69 Å². The number of nitrogens with zero attached hydrogens (tertiary/aromatic N) is 3. The van der Waals surface area contributed by atoms with Crippen LogP contribution in [0.2, 0.25) is 0 Å². The summed E-state index contributed by atoms with van der Waals surface area (Å²) in [7, 11) is 0. The Bertz CT molecular complexity index is 771. The van der Waals surface area contributed by atoms with E-state index in [-0.39, 0.29) is 5.91 Å². The van der Waals surface area contributed by atoms with Crippen molar-refractivity contribution in [3.8, 4) is 11.6 Å². The Labute approximate surface area is 136 Å². The molecule has 3 rings (SSSR count). The van der Waals surface area contributed by atoms with E-state index in [9.17, 15) is 4.79 Å². The summed E-state index contributed by atoms with van der Waals surface area (Å²) >= 11 is 1.37. The van der Waals surface area contributed by atoms with E-state index in [0.29, 0.717) is 28.9 Å². The van der Waals surface area contributed by atoms with Gasteiger partial charge < -0.3 is 15.6 Å². The minimum absolute atomic E-state index is 0.0574. The van der Waals surface area contributed by atoms with Crippen molar-refractivity contribution >= 4 is 23.4 Å². The van der Waals surface area contributed by atoms with Crippen molar-refractivity contribution in [3.63, 3.8) is 0 Å². The lowest BCUT2D eigenvalue weighted by Crippen LogP contribution is -2.14. The van der Waals surface area contributed by atoms with Crippen LogP contribution in [-0.4, -0.2) is 26.5 Å². The van der Waals surface area contributed by atoms with Gasteiger partial charge in [-0.2, -0.15) is 0 Å². The van der Waals surface area contributed by atoms with Crippen LogP contribution in [0.3, 0.4) is 0 Å². The summed E-state index contributed by atoms with van der Waals surface area (Å²) in [6, 6.07) is 12.8. The first kappa shape index (κ1) is 15.2. The van der Waals surface area contributed by atoms with Gasteiger partial charge in [0.25, 0.3) is 0 Å². The number of amides is 1. The highest BCUT2D eigenvalue weighted by molar-refractivity contribution is 7.99. The monoisotopic (exact) mass is 329 g/mol. The number of nitrogens with one attached hydrogen (secondary N) is 1. The van der Waals surface area contributed by atoms with Crippen LogP contribution in [-0.2, 0) is 4.79 Å². The maximum atomic E-state index is 11.9. The number of rotatable bonds is 6. The molecule has 2 aromatic heterocycles. The Morgan fingerprint density at radius 2 is 2.04 bits per heavy atom. The molecule has 0 atom stereocenters. The van der Waals surface area contributed by atoms with Gasteiger partial charge in [-0.25, -0.2) is 4.68 Å². The number of carbonyl (C=O) groups is 1. The van der Waals surface area contributed by atoms with Crippen molar-refractivity contribution in [2.24, 2.45) is 0 Å². The molecule has 2 heterocycles. The highest BCUT2D eigenvalue weighted by atomic mass is 32.2. The minimum atomic E-state index is -0.0574. The molecule has 0 fully saturated rings. The first-order chi connectivity index (χ1) is 11.2. The zero-order valence-electron chi connectivity index (χ0n) is 12.2. The maximum Gasteiger partial charge on any atom is 0.225 e. The fourth-order valence-electron chi connectivity index (χ4n) is 1.93. The molecule has 1 aromatic carbocycles. The molecule has 3 aromatic rings. The molecule has 0 radical (unpaired) electrons. The first-order valence-corrected chi connectivity index (χ1v) is 7.94. The van der Waals surface area contributed by atoms with Gasteiger partial charge in [0.05, 0.1) is 6.26 Å². The second kappa shape index (κ2) is 7.01. The van der Waals surface area contributed by atoms with Crippen LogP contribution in [0.4, 0.5) is 5.69 Å². The second-order valence-corrected chi connectivity index (χ2v) is 5.73. The summed E-state index contributed by atoms with van der Waals surface area (Å²) < 4.78 is 6.61. The number of hydrogen-bond donors (Lipinski definition) is 2. The van der Waals surface area contributed by atoms with Crippen LogP contribution < -0.4 is 11.2 Å². The molecule has 0 saturated heterocycles. The molecule has 0 aliphatic carbocycles. The van der Waals surface area contributed by atoms with E-state index < -0.39 is 0 Å². The van der Waals surface area contributed by atoms with Crippen LogP contribution in [0.25, 0.3) is 11.6 Å². The van der Waals surface area contributed by atoms with E-state index in [1.54, 1.807) is 18.4 Å². The Hall–Kier alpha value is -2.74. The van der Waals surface area contributed by atoms with Crippen LogP contribution in [0.1, 0.15) is 6.42 Å². The van der Waals surface area contributed by atoms with E-state index in [2.05, 4.69) is 15.5 Å². The number of furan rings is 1. The Balaban J connectivity index is 1.52. The van der Waals surface area contributed by atoms with E-state index in [1.807, 2.05) is 30.3 Å². The average Bonchev–Trinajstić information content (AvgIpc) is 3.19. The average molecular weight is 329 g/mol. The molecule has 0 spiro atoms. The quantitative estimate of drug-likeness (QED) is 0.532. The molecule has 1 amide bonds. The topological polar surface area (TPSA) is 99.0 Å². The van der Waals surface area contributed by atoms with Gasteiger partial charge in [0, 0.05) is 17.9 Å². The largest absolute Gasteiger partial charge is 0.461 e. The van der Waals surface area contributed by atoms with Crippen molar-refractivity contribution in [1.82, 2.24) is 14.9 Å². The lowest BCUT2D eigenvalue weighted by Gasteiger charge is -2.04. The molecule has 0 aliphatic rings. The highest BCUT2D eigenvalue weighted by Gasteiger charge is 2.14. The summed E-state index contributed by atoms with van der Waals surface area (Å²) in [5.41, 5.74) is 0.782. The third-order valence-electron chi connectivity index (χ3n) is 3.02. The standard InChI is InChI=1S/C15H15N5O2S/c16-20-14(12-7-4-9-22-12)18-19-15(20)23-10-8-13(21)17-11-5-2-1-3-6-11/h1-7,9H,8,10,16H2,(H,17,21). The number of carbonyl (C=O) groups excluding carboxylic acids is 1. The molecule has 0 bridgehead atoms. The van der Waals surface area contributed by atoms with Gasteiger partial charge >= 0.3 is 0 Å². The van der Waals surface area contributed by atoms with Crippen molar-refractivity contribution in [3.05, 3.63) is 48.7 Å². The van der Waals surface area contributed by atoms with Gasteiger partial charge in [0.15, 0.2) is 5.76 Å². The lowest BCUT2D eigenvalue weighted by atomic mass is 10.3. The molecule has 7 nitrogen and oxygen atoms in total. The lowest BCUT2D eigenvalue weighted by molar-refractivity contribution is -0.115. The van der Waals surface area contributed by atoms with E-state index in [1.165, 1.54) is 16.4 Å². The van der Waals surface area contributed by atoms with Crippen LogP contribution in [0.15, 0.2) is 58.3 Å². The van der Waals surface area contributed by atoms with Gasteiger partial charge in [-0.15, -0.1) is 10.2 Å². The zero-order chi connectivity index (χ0) is 16.1. The Morgan fingerprint density at radius 1 is 1.22 bits per heavy atom. The molecule has 118 valence electrons. The van der Waals surface area contributed by atoms with Crippen molar-refractivity contribution in [1.29, 1.82) is 0 Å². The smallest absolute Gasteiger partial charge is 0.225 e. The molecule has 23 heavy (non-hydrogen) atoms. The number of anilines is 1. The molecule has 8 heteroatoms. The van der Waals surface area contributed by atoms with Crippen LogP contribution in [0, 0.1) is 0 Å². The summed E-state index contributed by atoms with van der Waals surface area (Å²) in [6.07, 6.45) is 1.90. The molecule has 3 N–H and O–H groups in total. The predicted molar refractivity (Wildman–Crippen MR) is 88.3 cm³/mol. The minimum Gasteiger partial charge on any atom is -0.461 e. The maximum absolute atomic E-state index is 11.9. The van der Waals surface area contributed by atoms with Gasteiger partial charge in [0.1, 0.15) is 0 Å². The molecular formula is C15H15N5O2S. The number of benzene rings is 1. The number of nitrogen functional groups attached to an aromatic ring is 1. The number of nitrogens with two attached hydrogens (primary N) is 1. The number of hydrogen-bond acceptors (Lipinski definition) is 6. The second-order valence-electron chi connectivity index (χ2n) is 4.67. The fourth-order valence-corrected chi connectivity index (χ4v) is 2.72. The molecule has 0 unspecified atom stereocenters. The van der Waals surface area contributed by atoms with Crippen LogP contribution in [0.5, 0.6) is 0 Å². The molecular weight excluding hydrogens is 314 g/mol. The van der Waals surface area contributed by atoms with Crippen molar-refractivity contribution < 1.29 is 9.21 Å². The third-order valence-corrected chi connectivity index (χ3v) is 3.97. The SMILES string of the molecule is Nn1c(SCCC(=O)Nc2ccccc2)nnc1-c1ccco1. The predicted octanol–water partition coefficient (Wildman–Crippen LogP) is 2.37. The van der Waals surface area contributed by atoms with Gasteiger partial charge in [-0.1, -0.05) is 30.0 Å². The summed E-state index contributed by atoms with van der Waals surface area (Å²) in [5.74, 6) is 7.44. The highest BCUT2D eigenvalue weighted by Crippen LogP contribution is 2.22. The van der Waals surface area contributed by atoms with Crippen molar-refractivity contribution in [2.75, 3.05) is 16.9 Å². The summed E-state index contributed by atoms with van der Waals surface area (Å²) in [6.45, 7) is 0. The Morgan fingerprint density at radius 3 is 2.78 bits per heavy atom. The van der Waals surface area contributed by atoms with Crippen molar-refractivity contribution in [2.45, 2.75) is 11.6 Å². The summed E-state index contributed by atoms with van der Waals surface area (Å²) in [5, 5.41) is 11.4. The molecule has 0 aliphatic heterocycles. The van der Waals surface area contributed by atoms with E-state index in [4.69, 9.17) is 10.3 Å². The normalized spacial score (nSPS) is 10.6. The number of aromatic nitrogens is 3. The van der Waals surface area contributed by atoms with Gasteiger partial charge in [-0.05, 0) is 24.3 Å². The Kier molecular flexibility index (Phi) is 4.62. The first-order valence-electron chi connectivity index (χ1n) is 6.96. The third kappa shape index (κ3) is 3.72. The van der Waals surface area contributed by atoms with Crippen LogP contribution >= 0.6 is 11.8 Å². The zero-order valence-corrected chi connectivity index (χ0v) is 13.0. The fraction of sp³-hybridized carbons (Fsp3) is 0.133. The number of para-hydroxylation sites is 1. The van der Waals surface area contributed by atoms with E-state index >= 15 is 0 Å². The number of thioether (sulfide) groups is 1.